The zero-order valence-corrected chi connectivity index (χ0v) is 12.9. The van der Waals surface area contributed by atoms with Crippen LogP contribution in [0.4, 0.5) is 5.69 Å². The van der Waals surface area contributed by atoms with E-state index in [0.29, 0.717) is 4.75 Å². The number of oxazole rings is 1. The Morgan fingerprint density at radius 2 is 2.25 bits per heavy atom. The molecule has 3 rings (SSSR count). The van der Waals surface area contributed by atoms with Crippen molar-refractivity contribution in [2.45, 2.75) is 31.6 Å². The van der Waals surface area contributed by atoms with Crippen molar-refractivity contribution in [3.63, 3.8) is 0 Å². The average molecular weight is 291 g/mol. The van der Waals surface area contributed by atoms with Crippen LogP contribution in [-0.2, 0) is 6.54 Å². The molecule has 1 saturated heterocycles. The van der Waals surface area contributed by atoms with Gasteiger partial charge in [0.1, 0.15) is 5.52 Å². The Hall–Kier alpha value is -1.20. The number of rotatable bonds is 2. The minimum atomic E-state index is 0.379. The monoisotopic (exact) mass is 291 g/mol. The number of thioether (sulfide) groups is 1. The lowest BCUT2D eigenvalue weighted by Gasteiger charge is -2.21. The summed E-state index contributed by atoms with van der Waals surface area (Å²) in [7, 11) is 0. The van der Waals surface area contributed by atoms with Gasteiger partial charge in [-0.3, -0.25) is 4.90 Å². The van der Waals surface area contributed by atoms with Crippen LogP contribution in [0.15, 0.2) is 22.6 Å². The molecule has 0 saturated carbocycles. The first-order valence-corrected chi connectivity index (χ1v) is 8.02. The summed E-state index contributed by atoms with van der Waals surface area (Å²) in [5, 5.41) is 0. The van der Waals surface area contributed by atoms with Gasteiger partial charge in [-0.25, -0.2) is 4.98 Å². The fourth-order valence-corrected chi connectivity index (χ4v) is 3.61. The highest BCUT2D eigenvalue weighted by Gasteiger charge is 2.24. The molecular formula is C15H21N3OS. The lowest BCUT2D eigenvalue weighted by atomic mass is 10.1. The van der Waals surface area contributed by atoms with E-state index in [2.05, 4.69) is 35.5 Å². The van der Waals surface area contributed by atoms with Gasteiger partial charge in [-0.05, 0) is 24.6 Å². The molecule has 1 fully saturated rings. The highest BCUT2D eigenvalue weighted by Crippen LogP contribution is 2.31. The van der Waals surface area contributed by atoms with Crippen LogP contribution in [0.3, 0.4) is 0 Å². The van der Waals surface area contributed by atoms with Gasteiger partial charge >= 0.3 is 0 Å². The molecule has 0 amide bonds. The van der Waals surface area contributed by atoms with Crippen molar-refractivity contribution in [1.29, 1.82) is 0 Å². The van der Waals surface area contributed by atoms with Gasteiger partial charge in [0.05, 0.1) is 6.54 Å². The summed E-state index contributed by atoms with van der Waals surface area (Å²) in [4.78, 5) is 6.97. The molecule has 5 heteroatoms. The second kappa shape index (κ2) is 5.30. The number of aromatic nitrogens is 1. The fraction of sp³-hybridized carbons (Fsp3) is 0.533. The maximum atomic E-state index is 5.80. The summed E-state index contributed by atoms with van der Waals surface area (Å²) in [6.45, 7) is 7.62. The first-order chi connectivity index (χ1) is 9.52. The van der Waals surface area contributed by atoms with E-state index in [4.69, 9.17) is 10.2 Å². The zero-order valence-electron chi connectivity index (χ0n) is 12.1. The summed E-state index contributed by atoms with van der Waals surface area (Å²) in [5.74, 6) is 1.95. The smallest absolute Gasteiger partial charge is 0.209 e. The molecule has 1 aliphatic rings. The summed E-state index contributed by atoms with van der Waals surface area (Å²) < 4.78 is 6.18. The third-order valence-electron chi connectivity index (χ3n) is 3.75. The SMILES string of the molecule is CC1(C)CCN(Cc2nc3cc(N)ccc3o2)CCS1. The third kappa shape index (κ3) is 3.10. The molecule has 4 nitrogen and oxygen atoms in total. The van der Waals surface area contributed by atoms with Crippen LogP contribution in [0.1, 0.15) is 26.2 Å². The Morgan fingerprint density at radius 3 is 3.10 bits per heavy atom. The van der Waals surface area contributed by atoms with Gasteiger partial charge < -0.3 is 10.2 Å². The molecule has 1 aliphatic heterocycles. The maximum Gasteiger partial charge on any atom is 0.209 e. The van der Waals surface area contributed by atoms with Gasteiger partial charge in [-0.1, -0.05) is 13.8 Å². The van der Waals surface area contributed by atoms with E-state index in [9.17, 15) is 0 Å². The Labute approximate surface area is 123 Å². The van der Waals surface area contributed by atoms with Gasteiger partial charge in [-0.2, -0.15) is 11.8 Å². The van der Waals surface area contributed by atoms with E-state index in [1.165, 1.54) is 12.2 Å². The van der Waals surface area contributed by atoms with E-state index >= 15 is 0 Å². The van der Waals surface area contributed by atoms with E-state index in [0.717, 1.165) is 42.3 Å². The topological polar surface area (TPSA) is 55.3 Å². The highest BCUT2D eigenvalue weighted by molar-refractivity contribution is 8.00. The predicted molar refractivity (Wildman–Crippen MR) is 84.9 cm³/mol. The number of nitrogen functional groups attached to an aromatic ring is 1. The number of benzene rings is 1. The molecule has 0 spiro atoms. The molecule has 2 N–H and O–H groups in total. The molecular weight excluding hydrogens is 270 g/mol. The lowest BCUT2D eigenvalue weighted by molar-refractivity contribution is 0.251. The first kappa shape index (κ1) is 13.8. The number of hydrogen-bond acceptors (Lipinski definition) is 5. The molecule has 2 heterocycles. The van der Waals surface area contributed by atoms with Crippen molar-refractivity contribution in [3.8, 4) is 0 Å². The average Bonchev–Trinajstić information content (AvgIpc) is 2.68. The Morgan fingerprint density at radius 1 is 1.40 bits per heavy atom. The quantitative estimate of drug-likeness (QED) is 0.862. The predicted octanol–water partition coefficient (Wildman–Crippen LogP) is 3.13. The normalized spacial score (nSPS) is 20.1. The number of nitrogens with two attached hydrogens (primary N) is 1. The largest absolute Gasteiger partial charge is 0.439 e. The van der Waals surface area contributed by atoms with E-state index < -0.39 is 0 Å². The standard InChI is InChI=1S/C15H21N3OS/c1-15(2)5-6-18(7-8-20-15)10-14-17-12-9-11(16)3-4-13(12)19-14/h3-4,9H,5-8,10,16H2,1-2H3. The first-order valence-electron chi connectivity index (χ1n) is 7.03. The molecule has 1 aromatic heterocycles. The van der Waals surface area contributed by atoms with Gasteiger partial charge in [0.25, 0.3) is 0 Å². The minimum Gasteiger partial charge on any atom is -0.439 e. The highest BCUT2D eigenvalue weighted by atomic mass is 32.2. The maximum absolute atomic E-state index is 5.80. The molecule has 1 aromatic carbocycles. The molecule has 0 bridgehead atoms. The van der Waals surface area contributed by atoms with E-state index in [1.54, 1.807) is 0 Å². The number of hydrogen-bond donors (Lipinski definition) is 1. The molecule has 20 heavy (non-hydrogen) atoms. The van der Waals surface area contributed by atoms with Crippen molar-refractivity contribution >= 4 is 28.5 Å². The van der Waals surface area contributed by atoms with Crippen molar-refractivity contribution in [3.05, 3.63) is 24.1 Å². The second-order valence-electron chi connectivity index (χ2n) is 5.97. The Kier molecular flexibility index (Phi) is 3.65. The van der Waals surface area contributed by atoms with Gasteiger partial charge in [-0.15, -0.1) is 0 Å². The van der Waals surface area contributed by atoms with Crippen LogP contribution in [0.25, 0.3) is 11.1 Å². The summed E-state index contributed by atoms with van der Waals surface area (Å²) in [6, 6.07) is 5.61. The third-order valence-corrected chi connectivity index (χ3v) is 5.12. The van der Waals surface area contributed by atoms with Crippen molar-refractivity contribution in [2.24, 2.45) is 0 Å². The van der Waals surface area contributed by atoms with Crippen molar-refractivity contribution in [2.75, 3.05) is 24.6 Å². The zero-order chi connectivity index (χ0) is 14.2. The van der Waals surface area contributed by atoms with Crippen molar-refractivity contribution < 1.29 is 4.42 Å². The van der Waals surface area contributed by atoms with Crippen LogP contribution < -0.4 is 5.73 Å². The van der Waals surface area contributed by atoms with Gasteiger partial charge in [0.2, 0.25) is 5.89 Å². The molecule has 0 unspecified atom stereocenters. The molecule has 0 aliphatic carbocycles. The minimum absolute atomic E-state index is 0.379. The number of fused-ring (bicyclic) bond motifs is 1. The second-order valence-corrected chi connectivity index (χ2v) is 7.77. The van der Waals surface area contributed by atoms with Gasteiger partial charge in [0, 0.05) is 29.3 Å². The van der Waals surface area contributed by atoms with Crippen LogP contribution in [-0.4, -0.2) is 33.5 Å². The molecule has 108 valence electrons. The van der Waals surface area contributed by atoms with Crippen molar-refractivity contribution in [1.82, 2.24) is 9.88 Å². The van der Waals surface area contributed by atoms with Crippen LogP contribution in [0.2, 0.25) is 0 Å². The lowest BCUT2D eigenvalue weighted by Crippen LogP contribution is -2.26. The van der Waals surface area contributed by atoms with E-state index in [1.807, 2.05) is 18.2 Å². The summed E-state index contributed by atoms with van der Waals surface area (Å²) >= 11 is 2.05. The Balaban J connectivity index is 1.72. The number of anilines is 1. The summed E-state index contributed by atoms with van der Waals surface area (Å²) in [6.07, 6.45) is 1.20. The molecule has 2 aromatic rings. The molecule has 0 radical (unpaired) electrons. The summed E-state index contributed by atoms with van der Waals surface area (Å²) in [5.41, 5.74) is 8.17. The Bertz CT molecular complexity index is 608. The fourth-order valence-electron chi connectivity index (χ4n) is 2.47. The van der Waals surface area contributed by atoms with Crippen LogP contribution in [0, 0.1) is 0 Å². The molecule has 0 atom stereocenters. The van der Waals surface area contributed by atoms with Crippen LogP contribution >= 0.6 is 11.8 Å². The number of nitrogens with zero attached hydrogens (tertiary/aromatic N) is 2. The van der Waals surface area contributed by atoms with Gasteiger partial charge in [0.15, 0.2) is 5.58 Å². The van der Waals surface area contributed by atoms with E-state index in [-0.39, 0.29) is 0 Å². The van der Waals surface area contributed by atoms with Crippen LogP contribution in [0.5, 0.6) is 0 Å².